The average Bonchev–Trinajstić information content (AvgIpc) is 3.26. The lowest BCUT2D eigenvalue weighted by Crippen LogP contribution is -3.09. The molecule has 1 saturated heterocycles. The Balaban J connectivity index is 1.69. The van der Waals surface area contributed by atoms with E-state index >= 15 is 0 Å². The van der Waals surface area contributed by atoms with Gasteiger partial charge in [-0.3, -0.25) is 4.40 Å². The van der Waals surface area contributed by atoms with Crippen LogP contribution in [0.4, 0.5) is 0 Å². The number of hydrogen-bond acceptors (Lipinski definition) is 5. The Morgan fingerprint density at radius 2 is 2.04 bits per heavy atom. The fourth-order valence-electron chi connectivity index (χ4n) is 4.22. The molecule has 1 aromatic carbocycles. The molecule has 28 heavy (non-hydrogen) atoms. The number of benzene rings is 1. The van der Waals surface area contributed by atoms with E-state index in [9.17, 15) is 0 Å². The lowest BCUT2D eigenvalue weighted by molar-refractivity contribution is -0.941. The predicted octanol–water partition coefficient (Wildman–Crippen LogP) is 2.27. The van der Waals surface area contributed by atoms with Crippen molar-refractivity contribution in [2.75, 3.05) is 20.8 Å². The number of likely N-dealkylation sites (tertiary alicyclic amines) is 1. The highest BCUT2D eigenvalue weighted by molar-refractivity contribution is 7.71. The second kappa shape index (κ2) is 7.52. The van der Waals surface area contributed by atoms with Crippen LogP contribution in [0.25, 0.3) is 5.78 Å². The van der Waals surface area contributed by atoms with E-state index in [1.807, 2.05) is 41.1 Å². The lowest BCUT2D eigenvalue weighted by atomic mass is 10.0. The van der Waals surface area contributed by atoms with Crippen LogP contribution in [0.5, 0.6) is 11.5 Å². The van der Waals surface area contributed by atoms with Crippen LogP contribution in [0.2, 0.25) is 0 Å². The molecule has 0 saturated carbocycles. The predicted molar refractivity (Wildman–Crippen MR) is 109 cm³/mol. The molecule has 0 aliphatic carbocycles. The van der Waals surface area contributed by atoms with Crippen LogP contribution in [0, 0.1) is 18.6 Å². The van der Waals surface area contributed by atoms with Gasteiger partial charge in [-0.05, 0) is 50.3 Å². The molecule has 8 heteroatoms. The van der Waals surface area contributed by atoms with E-state index < -0.39 is 0 Å². The molecule has 148 valence electrons. The summed E-state index contributed by atoms with van der Waals surface area (Å²) in [6.45, 7) is 5.78. The standard InChI is InChI=1S/C20H25N5O2S/c1-13-10-14(2)25-19(21-13)22-24(20(25)28)12-23-9-5-6-17(23)16-11-15(26-3)7-8-18(16)27-4/h7-8,10-11,17H,5-6,9,12H2,1-4H3/p+1/t17-/m0/s1. The van der Waals surface area contributed by atoms with Crippen molar-refractivity contribution in [1.29, 1.82) is 0 Å². The van der Waals surface area contributed by atoms with Crippen LogP contribution < -0.4 is 14.4 Å². The largest absolute Gasteiger partial charge is 0.497 e. The summed E-state index contributed by atoms with van der Waals surface area (Å²) >= 11 is 5.70. The van der Waals surface area contributed by atoms with Gasteiger partial charge in [0.05, 0.1) is 26.3 Å². The molecule has 4 rings (SSSR count). The molecule has 1 fully saturated rings. The van der Waals surface area contributed by atoms with Crippen LogP contribution in [0.15, 0.2) is 24.3 Å². The highest BCUT2D eigenvalue weighted by Crippen LogP contribution is 2.31. The zero-order chi connectivity index (χ0) is 19.8. The summed E-state index contributed by atoms with van der Waals surface area (Å²) in [6.07, 6.45) is 2.24. The van der Waals surface area contributed by atoms with Gasteiger partial charge < -0.3 is 14.4 Å². The topological polar surface area (TPSA) is 58.0 Å². The number of hydrogen-bond donors (Lipinski definition) is 1. The van der Waals surface area contributed by atoms with E-state index in [1.54, 1.807) is 14.2 Å². The molecule has 0 bridgehead atoms. The molecule has 7 nitrogen and oxygen atoms in total. The number of rotatable bonds is 5. The van der Waals surface area contributed by atoms with Gasteiger partial charge in [-0.2, -0.15) is 4.68 Å². The minimum absolute atomic E-state index is 0.313. The Hall–Kier alpha value is -2.45. The normalized spacial score (nSPS) is 19.3. The van der Waals surface area contributed by atoms with Crippen molar-refractivity contribution in [2.24, 2.45) is 0 Å². The Morgan fingerprint density at radius 1 is 1.21 bits per heavy atom. The van der Waals surface area contributed by atoms with Gasteiger partial charge in [0.1, 0.15) is 17.5 Å². The number of nitrogens with one attached hydrogen (secondary N) is 1. The molecule has 2 atom stereocenters. The molecular weight excluding hydrogens is 374 g/mol. The number of nitrogens with zero attached hydrogens (tertiary/aromatic N) is 4. The Kier molecular flexibility index (Phi) is 5.07. The number of aromatic nitrogens is 4. The van der Waals surface area contributed by atoms with Crippen molar-refractivity contribution < 1.29 is 14.4 Å². The molecule has 0 radical (unpaired) electrons. The maximum Gasteiger partial charge on any atom is 0.254 e. The molecular formula is C20H26N5O2S+. The Labute approximate surface area is 169 Å². The van der Waals surface area contributed by atoms with Gasteiger partial charge in [-0.15, -0.1) is 5.10 Å². The third-order valence-electron chi connectivity index (χ3n) is 5.52. The molecule has 0 spiro atoms. The monoisotopic (exact) mass is 400 g/mol. The summed E-state index contributed by atoms with van der Waals surface area (Å²) in [6, 6.07) is 8.35. The maximum atomic E-state index is 5.70. The van der Waals surface area contributed by atoms with E-state index in [1.165, 1.54) is 10.5 Å². The number of methoxy groups -OCH3 is 2. The molecule has 0 amide bonds. The number of aryl methyl sites for hydroxylation is 2. The minimum atomic E-state index is 0.313. The van der Waals surface area contributed by atoms with Gasteiger partial charge >= 0.3 is 0 Å². The number of fused-ring (bicyclic) bond motifs is 1. The van der Waals surface area contributed by atoms with Crippen molar-refractivity contribution in [1.82, 2.24) is 19.2 Å². The van der Waals surface area contributed by atoms with Gasteiger partial charge in [0.25, 0.3) is 5.78 Å². The van der Waals surface area contributed by atoms with Crippen molar-refractivity contribution in [3.63, 3.8) is 0 Å². The Bertz CT molecular complexity index is 1070. The maximum absolute atomic E-state index is 5.70. The molecule has 3 aromatic rings. The lowest BCUT2D eigenvalue weighted by Gasteiger charge is -2.23. The van der Waals surface area contributed by atoms with Crippen LogP contribution >= 0.6 is 12.2 Å². The van der Waals surface area contributed by atoms with E-state index in [-0.39, 0.29) is 0 Å². The van der Waals surface area contributed by atoms with Crippen LogP contribution in [0.3, 0.4) is 0 Å². The molecule has 2 aromatic heterocycles. The van der Waals surface area contributed by atoms with E-state index in [0.29, 0.717) is 23.3 Å². The van der Waals surface area contributed by atoms with Gasteiger partial charge in [0.2, 0.25) is 4.77 Å². The summed E-state index contributed by atoms with van der Waals surface area (Å²) in [5, 5.41) is 4.69. The zero-order valence-corrected chi connectivity index (χ0v) is 17.5. The first kappa shape index (κ1) is 18.9. The van der Waals surface area contributed by atoms with Crippen molar-refractivity contribution >= 4 is 18.0 Å². The number of ether oxygens (including phenoxy) is 2. The molecule has 1 aliphatic rings. The fourth-order valence-corrected chi connectivity index (χ4v) is 4.55. The minimum Gasteiger partial charge on any atom is -0.497 e. The molecule has 1 N–H and O–H groups in total. The first-order valence-corrected chi connectivity index (χ1v) is 9.93. The molecule has 3 heterocycles. The van der Waals surface area contributed by atoms with Crippen molar-refractivity contribution in [3.8, 4) is 11.5 Å². The van der Waals surface area contributed by atoms with Crippen molar-refractivity contribution in [3.05, 3.63) is 46.0 Å². The van der Waals surface area contributed by atoms with E-state index in [4.69, 9.17) is 21.7 Å². The van der Waals surface area contributed by atoms with Gasteiger partial charge in [-0.1, -0.05) is 0 Å². The third kappa shape index (κ3) is 3.27. The number of quaternary nitrogens is 1. The summed E-state index contributed by atoms with van der Waals surface area (Å²) in [5.74, 6) is 2.41. The second-order valence-electron chi connectivity index (χ2n) is 7.33. The summed E-state index contributed by atoms with van der Waals surface area (Å²) in [5.41, 5.74) is 3.18. The average molecular weight is 401 g/mol. The van der Waals surface area contributed by atoms with E-state index in [2.05, 4.69) is 16.1 Å². The summed E-state index contributed by atoms with van der Waals surface area (Å²) in [7, 11) is 3.41. The van der Waals surface area contributed by atoms with Crippen LogP contribution in [-0.4, -0.2) is 39.9 Å². The summed E-state index contributed by atoms with van der Waals surface area (Å²) < 4.78 is 15.6. The molecule has 1 aliphatic heterocycles. The van der Waals surface area contributed by atoms with E-state index in [0.717, 1.165) is 42.3 Å². The fraction of sp³-hybridized carbons (Fsp3) is 0.450. The first-order chi connectivity index (χ1) is 13.5. The zero-order valence-electron chi connectivity index (χ0n) is 16.7. The van der Waals surface area contributed by atoms with Crippen molar-refractivity contribution in [2.45, 2.75) is 39.4 Å². The Morgan fingerprint density at radius 3 is 2.79 bits per heavy atom. The van der Waals surface area contributed by atoms with Crippen LogP contribution in [0.1, 0.15) is 35.8 Å². The summed E-state index contributed by atoms with van der Waals surface area (Å²) in [4.78, 5) is 5.96. The smallest absolute Gasteiger partial charge is 0.254 e. The third-order valence-corrected chi connectivity index (χ3v) is 5.91. The molecule has 1 unspecified atom stereocenters. The quantitative estimate of drug-likeness (QED) is 0.666. The SMILES string of the molecule is COc1ccc(OC)c([C@@H]2CCC[NH+]2Cn2nc3nc(C)cc(C)n3c2=S)c1. The van der Waals surface area contributed by atoms with Gasteiger partial charge in [0.15, 0.2) is 6.67 Å². The first-order valence-electron chi connectivity index (χ1n) is 9.52. The second-order valence-corrected chi connectivity index (χ2v) is 7.69. The van der Waals surface area contributed by atoms with Crippen LogP contribution in [-0.2, 0) is 6.67 Å². The highest BCUT2D eigenvalue weighted by atomic mass is 32.1. The highest BCUT2D eigenvalue weighted by Gasteiger charge is 2.33. The van der Waals surface area contributed by atoms with Gasteiger partial charge in [-0.25, -0.2) is 4.98 Å². The van der Waals surface area contributed by atoms with Gasteiger partial charge in [0, 0.05) is 24.2 Å².